The summed E-state index contributed by atoms with van der Waals surface area (Å²) >= 11 is 0. The molecule has 78 valence electrons. The van der Waals surface area contributed by atoms with Crippen LogP contribution in [-0.2, 0) is 0 Å². The summed E-state index contributed by atoms with van der Waals surface area (Å²) in [4.78, 5) is 3.77. The summed E-state index contributed by atoms with van der Waals surface area (Å²) in [6, 6.07) is 0.988. The lowest BCUT2D eigenvalue weighted by Gasteiger charge is -2.19. The Bertz CT molecular complexity index is 294. The van der Waals surface area contributed by atoms with Gasteiger partial charge in [-0.2, -0.15) is 13.2 Å². The maximum Gasteiger partial charge on any atom is 0.409 e. The fraction of sp³-hybridized carbons (Fsp3) is 0.375. The van der Waals surface area contributed by atoms with Gasteiger partial charge in [0.25, 0.3) is 0 Å². The lowest BCUT2D eigenvalue weighted by molar-refractivity contribution is -0.157. The van der Waals surface area contributed by atoms with Gasteiger partial charge in [0.05, 0.1) is 0 Å². The molecule has 1 atom stereocenters. The van der Waals surface area contributed by atoms with Gasteiger partial charge in [-0.1, -0.05) is 6.07 Å². The van der Waals surface area contributed by atoms with Crippen LogP contribution in [0.15, 0.2) is 18.3 Å². The Morgan fingerprint density at radius 1 is 1.43 bits per heavy atom. The van der Waals surface area contributed by atoms with E-state index in [1.807, 2.05) is 0 Å². The molecule has 1 aromatic rings. The van der Waals surface area contributed by atoms with Crippen LogP contribution in [0.25, 0.3) is 0 Å². The molecule has 0 aliphatic heterocycles. The minimum absolute atomic E-state index is 0.00519. The highest BCUT2D eigenvalue weighted by molar-refractivity contribution is 5.18. The quantitative estimate of drug-likeness (QED) is 0.567. The number of hydrogen-bond donors (Lipinski definition) is 2. The second kappa shape index (κ2) is 3.93. The molecule has 0 saturated carbocycles. The van der Waals surface area contributed by atoms with E-state index in [-0.39, 0.29) is 5.56 Å². The normalized spacial score (nSPS) is 14.1. The van der Waals surface area contributed by atoms with Crippen LogP contribution in [0.3, 0.4) is 0 Å². The first-order valence-corrected chi connectivity index (χ1v) is 3.90. The molecule has 0 aliphatic rings. The summed E-state index contributed by atoms with van der Waals surface area (Å²) in [5.74, 6) is 4.83. The van der Waals surface area contributed by atoms with Crippen LogP contribution in [0.2, 0.25) is 0 Å². The number of pyridine rings is 1. The Hall–Kier alpha value is -1.14. The lowest BCUT2D eigenvalue weighted by Crippen LogP contribution is -2.38. The topological polar surface area (TPSA) is 50.9 Å². The first kappa shape index (κ1) is 10.9. The molecule has 1 aromatic heterocycles. The van der Waals surface area contributed by atoms with Gasteiger partial charge < -0.3 is 0 Å². The van der Waals surface area contributed by atoms with Crippen molar-refractivity contribution in [2.24, 2.45) is 5.84 Å². The number of hydrogen-bond acceptors (Lipinski definition) is 3. The number of halogens is 3. The third-order valence-corrected chi connectivity index (χ3v) is 1.76. The number of nitrogens with one attached hydrogen (secondary N) is 1. The van der Waals surface area contributed by atoms with Gasteiger partial charge in [0.15, 0.2) is 0 Å². The van der Waals surface area contributed by atoms with Crippen molar-refractivity contribution in [2.45, 2.75) is 19.1 Å². The Morgan fingerprint density at radius 2 is 2.07 bits per heavy atom. The highest BCUT2D eigenvalue weighted by atomic mass is 19.4. The van der Waals surface area contributed by atoms with Crippen LogP contribution in [0.4, 0.5) is 13.2 Å². The minimum Gasteiger partial charge on any atom is -0.271 e. The zero-order valence-electron chi connectivity index (χ0n) is 7.47. The molecule has 1 unspecified atom stereocenters. The minimum atomic E-state index is -4.41. The maximum absolute atomic E-state index is 12.3. The van der Waals surface area contributed by atoms with E-state index in [4.69, 9.17) is 5.84 Å². The molecule has 0 saturated heterocycles. The van der Waals surface area contributed by atoms with E-state index >= 15 is 0 Å². The molecular formula is C8H10F3N3. The van der Waals surface area contributed by atoms with Crippen LogP contribution >= 0.6 is 0 Å². The molecule has 6 heteroatoms. The Labute approximate surface area is 79.1 Å². The zero-order chi connectivity index (χ0) is 10.8. The highest BCUT2D eigenvalue weighted by Crippen LogP contribution is 2.31. The maximum atomic E-state index is 12.3. The van der Waals surface area contributed by atoms with Crippen molar-refractivity contribution in [2.75, 3.05) is 0 Å². The second-order valence-electron chi connectivity index (χ2n) is 2.87. The SMILES string of the molecule is Cc1ccc(C(NN)C(F)(F)F)cn1. The fourth-order valence-electron chi connectivity index (χ4n) is 1.03. The Balaban J connectivity index is 2.96. The summed E-state index contributed by atoms with van der Waals surface area (Å²) < 4.78 is 37.0. The highest BCUT2D eigenvalue weighted by Gasteiger charge is 2.40. The van der Waals surface area contributed by atoms with Crippen LogP contribution in [0.1, 0.15) is 17.3 Å². The van der Waals surface area contributed by atoms with Crippen molar-refractivity contribution in [3.8, 4) is 0 Å². The van der Waals surface area contributed by atoms with E-state index in [1.165, 1.54) is 12.1 Å². The van der Waals surface area contributed by atoms with E-state index in [0.717, 1.165) is 6.20 Å². The molecule has 0 aliphatic carbocycles. The van der Waals surface area contributed by atoms with E-state index < -0.39 is 12.2 Å². The molecule has 0 radical (unpaired) electrons. The number of aryl methyl sites for hydroxylation is 1. The lowest BCUT2D eigenvalue weighted by atomic mass is 10.1. The predicted molar refractivity (Wildman–Crippen MR) is 45.1 cm³/mol. The molecule has 0 bridgehead atoms. The van der Waals surface area contributed by atoms with Gasteiger partial charge in [-0.15, -0.1) is 0 Å². The Morgan fingerprint density at radius 3 is 2.43 bits per heavy atom. The summed E-state index contributed by atoms with van der Waals surface area (Å²) in [5, 5.41) is 0. The average Bonchev–Trinajstić information content (AvgIpc) is 2.07. The molecule has 14 heavy (non-hydrogen) atoms. The van der Waals surface area contributed by atoms with Crippen LogP contribution < -0.4 is 11.3 Å². The average molecular weight is 205 g/mol. The first-order chi connectivity index (χ1) is 6.45. The molecule has 3 nitrogen and oxygen atoms in total. The molecule has 3 N–H and O–H groups in total. The standard InChI is InChI=1S/C8H10F3N3/c1-5-2-3-6(4-13-5)7(14-12)8(9,10)11/h2-4,7,14H,12H2,1H3. The summed E-state index contributed by atoms with van der Waals surface area (Å²) in [7, 11) is 0. The monoisotopic (exact) mass is 205 g/mol. The number of aromatic nitrogens is 1. The molecule has 0 aromatic carbocycles. The van der Waals surface area contributed by atoms with Gasteiger partial charge in [-0.25, -0.2) is 5.43 Å². The molecular weight excluding hydrogens is 195 g/mol. The van der Waals surface area contributed by atoms with Crippen molar-refractivity contribution in [3.63, 3.8) is 0 Å². The van der Waals surface area contributed by atoms with Crippen LogP contribution in [0.5, 0.6) is 0 Å². The van der Waals surface area contributed by atoms with Crippen molar-refractivity contribution < 1.29 is 13.2 Å². The zero-order valence-corrected chi connectivity index (χ0v) is 7.47. The van der Waals surface area contributed by atoms with Crippen molar-refractivity contribution in [3.05, 3.63) is 29.6 Å². The van der Waals surface area contributed by atoms with Gasteiger partial charge >= 0.3 is 6.18 Å². The third-order valence-electron chi connectivity index (χ3n) is 1.76. The van der Waals surface area contributed by atoms with E-state index in [0.29, 0.717) is 5.69 Å². The van der Waals surface area contributed by atoms with Crippen LogP contribution in [0, 0.1) is 6.92 Å². The molecule has 0 amide bonds. The number of alkyl halides is 3. The van der Waals surface area contributed by atoms with Gasteiger partial charge in [0.1, 0.15) is 6.04 Å². The number of hydrazine groups is 1. The smallest absolute Gasteiger partial charge is 0.271 e. The van der Waals surface area contributed by atoms with Gasteiger partial charge in [-0.3, -0.25) is 10.8 Å². The largest absolute Gasteiger partial charge is 0.409 e. The van der Waals surface area contributed by atoms with E-state index in [2.05, 4.69) is 4.98 Å². The van der Waals surface area contributed by atoms with Gasteiger partial charge in [0, 0.05) is 11.9 Å². The van der Waals surface area contributed by atoms with Crippen molar-refractivity contribution in [1.82, 2.24) is 10.4 Å². The first-order valence-electron chi connectivity index (χ1n) is 3.90. The molecule has 0 fully saturated rings. The molecule has 1 rings (SSSR count). The number of nitrogens with zero attached hydrogens (tertiary/aromatic N) is 1. The Kier molecular flexibility index (Phi) is 3.07. The van der Waals surface area contributed by atoms with Crippen LogP contribution in [-0.4, -0.2) is 11.2 Å². The predicted octanol–water partition coefficient (Wildman–Crippen LogP) is 1.46. The second-order valence-corrected chi connectivity index (χ2v) is 2.87. The van der Waals surface area contributed by atoms with Crippen molar-refractivity contribution in [1.29, 1.82) is 0 Å². The summed E-state index contributed by atoms with van der Waals surface area (Å²) in [6.45, 7) is 1.70. The third kappa shape index (κ3) is 2.43. The van der Waals surface area contributed by atoms with Crippen molar-refractivity contribution >= 4 is 0 Å². The summed E-state index contributed by atoms with van der Waals surface area (Å²) in [5.41, 5.74) is 2.38. The number of rotatable bonds is 2. The van der Waals surface area contributed by atoms with E-state index in [9.17, 15) is 13.2 Å². The number of nitrogens with two attached hydrogens (primary N) is 1. The summed E-state index contributed by atoms with van der Waals surface area (Å²) in [6.07, 6.45) is -3.25. The van der Waals surface area contributed by atoms with E-state index in [1.54, 1.807) is 12.3 Å². The van der Waals surface area contributed by atoms with Gasteiger partial charge in [0.2, 0.25) is 0 Å². The molecule has 1 heterocycles. The molecule has 0 spiro atoms. The van der Waals surface area contributed by atoms with Gasteiger partial charge in [-0.05, 0) is 18.6 Å². The fourth-order valence-corrected chi connectivity index (χ4v) is 1.03.